The van der Waals surface area contributed by atoms with Gasteiger partial charge in [-0.3, -0.25) is 19.1 Å². The molecule has 0 saturated heterocycles. The maximum atomic E-state index is 13.1. The minimum atomic E-state index is -0.548. The third-order valence-corrected chi connectivity index (χ3v) is 5.78. The van der Waals surface area contributed by atoms with Gasteiger partial charge in [-0.1, -0.05) is 38.1 Å². The van der Waals surface area contributed by atoms with E-state index in [9.17, 15) is 9.59 Å². The summed E-state index contributed by atoms with van der Waals surface area (Å²) in [6, 6.07) is 15.3. The zero-order chi connectivity index (χ0) is 20.1. The number of para-hydroxylation sites is 2. The number of nitrogens with one attached hydrogen (secondary N) is 1. The van der Waals surface area contributed by atoms with Gasteiger partial charge in [0, 0.05) is 11.7 Å². The average Bonchev–Trinajstić information content (AvgIpc) is 3.41. The van der Waals surface area contributed by atoms with Crippen LogP contribution in [0.15, 0.2) is 48.5 Å². The summed E-state index contributed by atoms with van der Waals surface area (Å²) in [6.45, 7) is 4.27. The van der Waals surface area contributed by atoms with E-state index in [0.717, 1.165) is 29.6 Å². The van der Waals surface area contributed by atoms with Gasteiger partial charge in [-0.15, -0.1) is 0 Å². The summed E-state index contributed by atoms with van der Waals surface area (Å²) >= 11 is 0. The van der Waals surface area contributed by atoms with Crippen molar-refractivity contribution < 1.29 is 9.59 Å². The second-order valence-electron chi connectivity index (χ2n) is 8.25. The maximum absolute atomic E-state index is 13.1. The van der Waals surface area contributed by atoms with Crippen molar-refractivity contribution in [3.05, 3.63) is 54.1 Å². The van der Waals surface area contributed by atoms with Gasteiger partial charge >= 0.3 is 0 Å². The molecule has 2 aliphatic rings. The number of hydrogen-bond donors (Lipinski definition) is 1. The molecular formula is C23H24N4O2. The van der Waals surface area contributed by atoms with Crippen molar-refractivity contribution in [2.45, 2.75) is 51.1 Å². The van der Waals surface area contributed by atoms with E-state index in [1.807, 2.05) is 53.1 Å². The molecule has 6 nitrogen and oxygen atoms in total. The molecule has 3 aromatic rings. The quantitative estimate of drug-likeness (QED) is 0.711. The highest BCUT2D eigenvalue weighted by Gasteiger charge is 2.47. The molecule has 148 valence electrons. The molecule has 2 aromatic carbocycles. The topological polar surface area (TPSA) is 67.2 Å². The Morgan fingerprint density at radius 2 is 1.86 bits per heavy atom. The third-order valence-electron chi connectivity index (χ3n) is 5.78. The standard InChI is InChI=1S/C23H24N4O2/c1-14(2)15-7-9-16(10-8-15)24-21(28)13-20-22(29)26(17-11-12-17)23-25-18-5-3-4-6-19(18)27(20)23/h3-10,14,17,20H,11-13H2,1-2H3,(H,24,28). The van der Waals surface area contributed by atoms with E-state index in [1.165, 1.54) is 5.56 Å². The second-order valence-corrected chi connectivity index (χ2v) is 8.25. The van der Waals surface area contributed by atoms with Gasteiger partial charge in [-0.05, 0) is 48.6 Å². The van der Waals surface area contributed by atoms with E-state index in [0.29, 0.717) is 11.9 Å². The number of carbonyl (C=O) groups is 2. The Bertz CT molecular complexity index is 1100. The van der Waals surface area contributed by atoms with Gasteiger partial charge in [0.2, 0.25) is 11.9 Å². The van der Waals surface area contributed by atoms with Gasteiger partial charge in [0.05, 0.1) is 17.5 Å². The zero-order valence-electron chi connectivity index (χ0n) is 16.6. The van der Waals surface area contributed by atoms with Crippen LogP contribution in [0.3, 0.4) is 0 Å². The zero-order valence-corrected chi connectivity index (χ0v) is 16.6. The van der Waals surface area contributed by atoms with E-state index in [1.54, 1.807) is 4.90 Å². The summed E-state index contributed by atoms with van der Waals surface area (Å²) in [5, 5.41) is 2.94. The number of imidazole rings is 1. The Labute approximate surface area is 169 Å². The molecule has 5 rings (SSSR count). The highest BCUT2D eigenvalue weighted by Crippen LogP contribution is 2.42. The van der Waals surface area contributed by atoms with Crippen LogP contribution < -0.4 is 10.2 Å². The number of carbonyl (C=O) groups excluding carboxylic acids is 2. The SMILES string of the molecule is CC(C)c1ccc(NC(=O)CC2C(=O)N(C3CC3)c3nc4ccccc4n32)cc1. The first-order chi connectivity index (χ1) is 14.0. The molecule has 1 aliphatic heterocycles. The second kappa shape index (κ2) is 6.72. The Balaban J connectivity index is 1.41. The molecule has 0 radical (unpaired) electrons. The summed E-state index contributed by atoms with van der Waals surface area (Å²) < 4.78 is 1.94. The predicted octanol–water partition coefficient (Wildman–Crippen LogP) is 4.24. The predicted molar refractivity (Wildman–Crippen MR) is 113 cm³/mol. The molecule has 1 N–H and O–H groups in total. The van der Waals surface area contributed by atoms with Crippen molar-refractivity contribution in [1.82, 2.24) is 9.55 Å². The Morgan fingerprint density at radius 1 is 1.14 bits per heavy atom. The largest absolute Gasteiger partial charge is 0.326 e. The Morgan fingerprint density at radius 3 is 2.55 bits per heavy atom. The molecule has 1 fully saturated rings. The van der Waals surface area contributed by atoms with Crippen molar-refractivity contribution in [2.75, 3.05) is 10.2 Å². The van der Waals surface area contributed by atoms with E-state index in [-0.39, 0.29) is 24.3 Å². The number of benzene rings is 2. The van der Waals surface area contributed by atoms with Crippen LogP contribution in [-0.4, -0.2) is 27.4 Å². The molecule has 1 unspecified atom stereocenters. The van der Waals surface area contributed by atoms with Crippen molar-refractivity contribution in [3.63, 3.8) is 0 Å². The number of hydrogen-bond acceptors (Lipinski definition) is 3. The van der Waals surface area contributed by atoms with Gasteiger partial charge in [-0.25, -0.2) is 4.98 Å². The highest BCUT2D eigenvalue weighted by molar-refractivity contribution is 6.05. The summed E-state index contributed by atoms with van der Waals surface area (Å²) in [7, 11) is 0. The van der Waals surface area contributed by atoms with Crippen LogP contribution in [0.4, 0.5) is 11.6 Å². The summed E-state index contributed by atoms with van der Waals surface area (Å²) in [4.78, 5) is 32.4. The molecular weight excluding hydrogens is 364 g/mol. The number of rotatable bonds is 5. The van der Waals surface area contributed by atoms with E-state index in [2.05, 4.69) is 19.2 Å². The fourth-order valence-corrected chi connectivity index (χ4v) is 4.07. The van der Waals surface area contributed by atoms with Crippen molar-refractivity contribution in [3.8, 4) is 0 Å². The van der Waals surface area contributed by atoms with Gasteiger partial charge in [-0.2, -0.15) is 0 Å². The van der Waals surface area contributed by atoms with Crippen LogP contribution in [0, 0.1) is 0 Å². The summed E-state index contributed by atoms with van der Waals surface area (Å²) in [6.07, 6.45) is 2.09. The van der Waals surface area contributed by atoms with E-state index in [4.69, 9.17) is 4.98 Å². The van der Waals surface area contributed by atoms with Crippen molar-refractivity contribution >= 4 is 34.5 Å². The first-order valence-corrected chi connectivity index (χ1v) is 10.2. The molecule has 2 heterocycles. The van der Waals surface area contributed by atoms with Crippen LogP contribution in [0.1, 0.15) is 50.6 Å². The smallest absolute Gasteiger partial charge is 0.253 e. The number of aromatic nitrogens is 2. The summed E-state index contributed by atoms with van der Waals surface area (Å²) in [5.41, 5.74) is 3.73. The molecule has 1 saturated carbocycles. The van der Waals surface area contributed by atoms with Crippen LogP contribution in [0.25, 0.3) is 11.0 Å². The Kier molecular flexibility index (Phi) is 4.15. The third kappa shape index (κ3) is 3.09. The van der Waals surface area contributed by atoms with Crippen LogP contribution in [0.2, 0.25) is 0 Å². The minimum Gasteiger partial charge on any atom is -0.326 e. The van der Waals surface area contributed by atoms with Crippen LogP contribution in [-0.2, 0) is 9.59 Å². The fourth-order valence-electron chi connectivity index (χ4n) is 4.07. The fraction of sp³-hybridized carbons (Fsp3) is 0.348. The van der Waals surface area contributed by atoms with E-state index < -0.39 is 6.04 Å². The molecule has 1 atom stereocenters. The number of nitrogens with zero attached hydrogens (tertiary/aromatic N) is 3. The lowest BCUT2D eigenvalue weighted by Gasteiger charge is -2.15. The highest BCUT2D eigenvalue weighted by atomic mass is 16.2. The average molecular weight is 388 g/mol. The molecule has 2 amide bonds. The molecule has 6 heteroatoms. The lowest BCUT2D eigenvalue weighted by atomic mass is 10.0. The number of amides is 2. The van der Waals surface area contributed by atoms with Gasteiger partial charge in [0.15, 0.2) is 0 Å². The number of fused-ring (bicyclic) bond motifs is 3. The molecule has 1 aromatic heterocycles. The first-order valence-electron chi connectivity index (χ1n) is 10.2. The molecule has 1 aliphatic carbocycles. The summed E-state index contributed by atoms with van der Waals surface area (Å²) in [5.74, 6) is 0.933. The molecule has 29 heavy (non-hydrogen) atoms. The van der Waals surface area contributed by atoms with Crippen LogP contribution >= 0.6 is 0 Å². The van der Waals surface area contributed by atoms with Gasteiger partial charge < -0.3 is 5.32 Å². The lowest BCUT2D eigenvalue weighted by Crippen LogP contribution is -2.33. The lowest BCUT2D eigenvalue weighted by molar-refractivity contribution is -0.124. The number of anilines is 2. The Hall–Kier alpha value is -3.15. The molecule has 0 bridgehead atoms. The van der Waals surface area contributed by atoms with Gasteiger partial charge in [0.25, 0.3) is 5.91 Å². The van der Waals surface area contributed by atoms with Crippen molar-refractivity contribution in [1.29, 1.82) is 0 Å². The van der Waals surface area contributed by atoms with Crippen molar-refractivity contribution in [2.24, 2.45) is 0 Å². The van der Waals surface area contributed by atoms with Crippen LogP contribution in [0.5, 0.6) is 0 Å². The normalized spacial score (nSPS) is 18.5. The first kappa shape index (κ1) is 17.9. The monoisotopic (exact) mass is 388 g/mol. The minimum absolute atomic E-state index is 0.0222. The van der Waals surface area contributed by atoms with Gasteiger partial charge in [0.1, 0.15) is 6.04 Å². The van der Waals surface area contributed by atoms with E-state index >= 15 is 0 Å². The maximum Gasteiger partial charge on any atom is 0.253 e. The molecule has 0 spiro atoms.